The largest absolute Gasteiger partial charge is 0.329 e. The van der Waals surface area contributed by atoms with Crippen molar-refractivity contribution < 1.29 is 4.79 Å². The first-order valence-electron chi connectivity index (χ1n) is 9.86. The number of fused-ring (bicyclic) bond motifs is 1. The maximum absolute atomic E-state index is 11.2. The van der Waals surface area contributed by atoms with Crippen LogP contribution in [-0.4, -0.2) is 28.8 Å². The van der Waals surface area contributed by atoms with Crippen molar-refractivity contribution in [3.05, 3.63) is 77.4 Å². The van der Waals surface area contributed by atoms with E-state index < -0.39 is 0 Å². The van der Waals surface area contributed by atoms with Gasteiger partial charge < -0.3 is 10.2 Å². The van der Waals surface area contributed by atoms with Crippen molar-refractivity contribution in [2.45, 2.75) is 6.92 Å². The highest BCUT2D eigenvalue weighted by molar-refractivity contribution is 6.31. The topological polar surface area (TPSA) is 97.9 Å². The fourth-order valence-electron chi connectivity index (χ4n) is 3.57. The van der Waals surface area contributed by atoms with Gasteiger partial charge in [-0.3, -0.25) is 20.2 Å². The molecule has 0 saturated heterocycles. The summed E-state index contributed by atoms with van der Waals surface area (Å²) in [5.41, 5.74) is 4.24. The normalized spacial score (nSPS) is 10.7. The van der Waals surface area contributed by atoms with Gasteiger partial charge in [-0.1, -0.05) is 35.9 Å². The molecule has 1 amide bonds. The summed E-state index contributed by atoms with van der Waals surface area (Å²) in [6.07, 6.45) is 1.06. The number of rotatable bonds is 5. The van der Waals surface area contributed by atoms with Crippen LogP contribution in [0.1, 0.15) is 6.92 Å². The molecule has 4 rings (SSSR count). The van der Waals surface area contributed by atoms with Crippen molar-refractivity contribution in [3.63, 3.8) is 0 Å². The number of aromatic nitrogens is 2. The highest BCUT2D eigenvalue weighted by Gasteiger charge is 2.14. The summed E-state index contributed by atoms with van der Waals surface area (Å²) in [7, 11) is 1.89. The van der Waals surface area contributed by atoms with E-state index in [0.29, 0.717) is 16.4 Å². The third-order valence-corrected chi connectivity index (χ3v) is 5.35. The molecule has 32 heavy (non-hydrogen) atoms. The summed E-state index contributed by atoms with van der Waals surface area (Å²) >= 11 is 6.17. The molecule has 0 fully saturated rings. The summed E-state index contributed by atoms with van der Waals surface area (Å²) in [4.78, 5) is 17.6. The molecule has 0 spiro atoms. The van der Waals surface area contributed by atoms with Gasteiger partial charge in [-0.05, 0) is 53.6 Å². The van der Waals surface area contributed by atoms with Gasteiger partial charge >= 0.3 is 0 Å². The van der Waals surface area contributed by atoms with Gasteiger partial charge in [0.1, 0.15) is 5.82 Å². The molecular formula is C24H21ClN6O. The van der Waals surface area contributed by atoms with Gasteiger partial charge in [-0.15, -0.1) is 0 Å². The lowest BCUT2D eigenvalue weighted by molar-refractivity contribution is -0.114. The first kappa shape index (κ1) is 21.3. The zero-order chi connectivity index (χ0) is 22.8. The van der Waals surface area contributed by atoms with E-state index in [1.165, 1.54) is 11.5 Å². The Labute approximate surface area is 189 Å². The fourth-order valence-corrected chi connectivity index (χ4v) is 3.74. The quantitative estimate of drug-likeness (QED) is 0.298. The van der Waals surface area contributed by atoms with Crippen LogP contribution >= 0.6 is 11.6 Å². The van der Waals surface area contributed by atoms with Crippen LogP contribution in [0.4, 0.5) is 17.2 Å². The van der Waals surface area contributed by atoms with E-state index in [0.717, 1.165) is 34.2 Å². The molecule has 1 heterocycles. The lowest BCUT2D eigenvalue weighted by Crippen LogP contribution is -2.26. The van der Waals surface area contributed by atoms with Crippen LogP contribution in [0.5, 0.6) is 0 Å². The van der Waals surface area contributed by atoms with Crippen LogP contribution in [-0.2, 0) is 4.79 Å². The number of hydrogen-bond acceptors (Lipinski definition) is 5. The maximum Gasteiger partial charge on any atom is 0.229 e. The highest BCUT2D eigenvalue weighted by atomic mass is 35.5. The molecule has 8 heteroatoms. The number of nitrogens with one attached hydrogen (secondary N) is 3. The van der Waals surface area contributed by atoms with Gasteiger partial charge in [-0.25, -0.2) is 0 Å². The number of carbonyl (C=O) groups is 1. The molecule has 0 unspecified atom stereocenters. The van der Waals surface area contributed by atoms with Gasteiger partial charge in [0.2, 0.25) is 11.5 Å². The lowest BCUT2D eigenvalue weighted by atomic mass is 10.0. The molecule has 0 radical (unpaired) electrons. The summed E-state index contributed by atoms with van der Waals surface area (Å²) in [6, 6.07) is 21.0. The zero-order valence-electron chi connectivity index (χ0n) is 17.6. The van der Waals surface area contributed by atoms with E-state index in [2.05, 4.69) is 10.3 Å². The van der Waals surface area contributed by atoms with Crippen molar-refractivity contribution in [1.82, 2.24) is 9.55 Å². The van der Waals surface area contributed by atoms with Gasteiger partial charge in [0, 0.05) is 35.8 Å². The predicted molar refractivity (Wildman–Crippen MR) is 129 cm³/mol. The SMILES string of the molecule is CC(=O)Nc1ccc(-c2cccc(N(C)c3nc(=N)n(C=N)c4cc(Cl)ccc34)c2)cc1. The molecule has 0 aliphatic rings. The zero-order valence-corrected chi connectivity index (χ0v) is 18.3. The van der Waals surface area contributed by atoms with E-state index in [1.807, 2.05) is 66.5 Å². The molecule has 0 aliphatic heterocycles. The van der Waals surface area contributed by atoms with E-state index in [4.69, 9.17) is 22.4 Å². The number of amides is 1. The Bertz CT molecular complexity index is 1390. The maximum atomic E-state index is 11.2. The third kappa shape index (κ3) is 4.10. The summed E-state index contributed by atoms with van der Waals surface area (Å²) in [5.74, 6) is 0.487. The Kier molecular flexibility index (Phi) is 5.75. The van der Waals surface area contributed by atoms with Crippen molar-refractivity contribution in [1.29, 1.82) is 10.8 Å². The number of carbonyl (C=O) groups excluding carboxylic acids is 1. The summed E-state index contributed by atoms with van der Waals surface area (Å²) < 4.78 is 1.38. The molecule has 0 aliphatic carbocycles. The van der Waals surface area contributed by atoms with Crippen LogP contribution in [0.3, 0.4) is 0 Å². The predicted octanol–water partition coefficient (Wildman–Crippen LogP) is 5.02. The molecule has 3 aromatic carbocycles. The van der Waals surface area contributed by atoms with Crippen LogP contribution < -0.4 is 15.8 Å². The number of halogens is 1. The van der Waals surface area contributed by atoms with E-state index in [9.17, 15) is 4.79 Å². The fraction of sp³-hybridized carbons (Fsp3) is 0.0833. The number of benzene rings is 3. The molecule has 1 aromatic heterocycles. The molecular weight excluding hydrogens is 424 g/mol. The Morgan fingerprint density at radius 3 is 2.53 bits per heavy atom. The second-order valence-electron chi connectivity index (χ2n) is 7.29. The first-order chi connectivity index (χ1) is 15.4. The Morgan fingerprint density at radius 2 is 1.84 bits per heavy atom. The van der Waals surface area contributed by atoms with Gasteiger partial charge in [0.15, 0.2) is 0 Å². The standard InChI is InChI=1S/C24H21ClN6O/c1-15(32)28-19-9-6-16(7-10-19)17-4-3-5-20(12-17)30(2)23-21-11-8-18(25)13-22(21)31(14-26)24(27)29-23/h3-14,26-27H,1-2H3,(H,28,32). The first-order valence-corrected chi connectivity index (χ1v) is 10.2. The highest BCUT2D eigenvalue weighted by Crippen LogP contribution is 2.32. The average Bonchev–Trinajstić information content (AvgIpc) is 2.78. The third-order valence-electron chi connectivity index (χ3n) is 5.12. The minimum absolute atomic E-state index is 0.0543. The monoisotopic (exact) mass is 444 g/mol. The second kappa shape index (κ2) is 8.64. The lowest BCUT2D eigenvalue weighted by Gasteiger charge is -2.22. The molecule has 0 atom stereocenters. The minimum Gasteiger partial charge on any atom is -0.329 e. The minimum atomic E-state index is -0.108. The smallest absolute Gasteiger partial charge is 0.229 e. The summed E-state index contributed by atoms with van der Waals surface area (Å²) in [5, 5.41) is 20.0. The molecule has 3 N–H and O–H groups in total. The molecule has 7 nitrogen and oxygen atoms in total. The Balaban J connectivity index is 1.76. The molecule has 0 saturated carbocycles. The van der Waals surface area contributed by atoms with Crippen LogP contribution in [0.15, 0.2) is 66.7 Å². The Morgan fingerprint density at radius 1 is 1.09 bits per heavy atom. The van der Waals surface area contributed by atoms with Gasteiger partial charge in [-0.2, -0.15) is 4.98 Å². The van der Waals surface area contributed by atoms with Crippen LogP contribution in [0.25, 0.3) is 22.0 Å². The van der Waals surface area contributed by atoms with Crippen molar-refractivity contribution in [3.8, 4) is 11.1 Å². The molecule has 0 bridgehead atoms. The second-order valence-corrected chi connectivity index (χ2v) is 7.72. The van der Waals surface area contributed by atoms with Crippen LogP contribution in [0, 0.1) is 10.8 Å². The van der Waals surface area contributed by atoms with Crippen molar-refractivity contribution >= 4 is 51.9 Å². The average molecular weight is 445 g/mol. The van der Waals surface area contributed by atoms with E-state index in [1.54, 1.807) is 12.1 Å². The number of anilines is 3. The van der Waals surface area contributed by atoms with Crippen molar-refractivity contribution in [2.75, 3.05) is 17.3 Å². The van der Waals surface area contributed by atoms with Gasteiger partial charge in [0.05, 0.1) is 11.9 Å². The number of nitrogens with zero attached hydrogens (tertiary/aromatic N) is 3. The van der Waals surface area contributed by atoms with E-state index in [-0.39, 0.29) is 11.5 Å². The summed E-state index contributed by atoms with van der Waals surface area (Å²) in [6.45, 7) is 1.48. The molecule has 4 aromatic rings. The molecule has 160 valence electrons. The van der Waals surface area contributed by atoms with Gasteiger partial charge in [0.25, 0.3) is 0 Å². The number of hydrogen-bond donors (Lipinski definition) is 3. The Hall–Kier alpha value is -3.97. The van der Waals surface area contributed by atoms with E-state index >= 15 is 0 Å². The van der Waals surface area contributed by atoms with Crippen LogP contribution in [0.2, 0.25) is 5.02 Å². The van der Waals surface area contributed by atoms with Crippen molar-refractivity contribution in [2.24, 2.45) is 0 Å².